The fraction of sp³-hybridized carbons (Fsp3) is 0.909. The van der Waals surface area contributed by atoms with Crippen molar-refractivity contribution in [3.05, 3.63) is 0 Å². The van der Waals surface area contributed by atoms with Crippen molar-refractivity contribution in [3.63, 3.8) is 0 Å². The molecule has 3 heteroatoms. The molecule has 2 fully saturated rings. The highest BCUT2D eigenvalue weighted by atomic mass is 16.6. The van der Waals surface area contributed by atoms with E-state index in [1.54, 1.807) is 0 Å². The average Bonchev–Trinajstić information content (AvgIpc) is 2.59. The lowest BCUT2D eigenvalue weighted by Gasteiger charge is -2.26. The van der Waals surface area contributed by atoms with Gasteiger partial charge in [-0.3, -0.25) is 4.79 Å². The molecule has 14 heavy (non-hydrogen) atoms. The molecule has 0 radical (unpaired) electrons. The summed E-state index contributed by atoms with van der Waals surface area (Å²) in [5, 5.41) is 3.34. The fourth-order valence-corrected chi connectivity index (χ4v) is 2.49. The standard InChI is InChI=1S/C11H19NO2/c1-11(2,3)14-10(13)9-7-4-5-8(6-7)12-9/h7-9,12H,4-6H2,1-3H3. The van der Waals surface area contributed by atoms with Crippen LogP contribution in [0.25, 0.3) is 0 Å². The molecule has 80 valence electrons. The first-order chi connectivity index (χ1) is 6.46. The molecule has 1 aliphatic heterocycles. The maximum Gasteiger partial charge on any atom is 0.323 e. The van der Waals surface area contributed by atoms with Gasteiger partial charge in [-0.2, -0.15) is 0 Å². The Bertz CT molecular complexity index is 244. The van der Waals surface area contributed by atoms with Crippen LogP contribution in [-0.2, 0) is 9.53 Å². The molecule has 0 amide bonds. The summed E-state index contributed by atoms with van der Waals surface area (Å²) >= 11 is 0. The molecule has 1 aliphatic carbocycles. The SMILES string of the molecule is CC(C)(C)OC(=O)C1NC2CCC1C2. The van der Waals surface area contributed by atoms with Crippen LogP contribution in [0.2, 0.25) is 0 Å². The van der Waals surface area contributed by atoms with Gasteiger partial charge >= 0.3 is 5.97 Å². The average molecular weight is 197 g/mol. The first kappa shape index (κ1) is 9.97. The minimum absolute atomic E-state index is 0.0343. The summed E-state index contributed by atoms with van der Waals surface area (Å²) in [6.07, 6.45) is 3.56. The van der Waals surface area contributed by atoms with Crippen LogP contribution in [0.15, 0.2) is 0 Å². The minimum Gasteiger partial charge on any atom is -0.459 e. The van der Waals surface area contributed by atoms with Crippen molar-refractivity contribution >= 4 is 5.97 Å². The third-order valence-electron chi connectivity index (χ3n) is 3.02. The molecule has 0 aromatic carbocycles. The normalized spacial score (nSPS) is 36.1. The zero-order valence-electron chi connectivity index (χ0n) is 9.17. The Hall–Kier alpha value is -0.570. The smallest absolute Gasteiger partial charge is 0.323 e. The third-order valence-corrected chi connectivity index (χ3v) is 3.02. The minimum atomic E-state index is -0.361. The van der Waals surface area contributed by atoms with Crippen molar-refractivity contribution < 1.29 is 9.53 Å². The number of ether oxygens (including phenoxy) is 1. The Kier molecular flexibility index (Phi) is 2.30. The van der Waals surface area contributed by atoms with E-state index >= 15 is 0 Å². The van der Waals surface area contributed by atoms with Gasteiger partial charge in [0.15, 0.2) is 0 Å². The molecular formula is C11H19NO2. The van der Waals surface area contributed by atoms with Crippen LogP contribution in [0.3, 0.4) is 0 Å². The summed E-state index contributed by atoms with van der Waals surface area (Å²) in [6.45, 7) is 5.74. The molecule has 0 aromatic heterocycles. The van der Waals surface area contributed by atoms with E-state index in [1.165, 1.54) is 12.8 Å². The lowest BCUT2D eigenvalue weighted by Crippen LogP contribution is -2.44. The van der Waals surface area contributed by atoms with E-state index in [4.69, 9.17) is 4.74 Å². The molecule has 0 spiro atoms. The predicted molar refractivity (Wildman–Crippen MR) is 53.9 cm³/mol. The van der Waals surface area contributed by atoms with E-state index < -0.39 is 0 Å². The number of piperidine rings is 1. The van der Waals surface area contributed by atoms with Gasteiger partial charge in [0, 0.05) is 6.04 Å². The number of rotatable bonds is 1. The van der Waals surface area contributed by atoms with E-state index in [-0.39, 0.29) is 17.6 Å². The number of nitrogens with one attached hydrogen (secondary N) is 1. The number of fused-ring (bicyclic) bond motifs is 2. The quantitative estimate of drug-likeness (QED) is 0.647. The number of carbonyl (C=O) groups is 1. The van der Waals surface area contributed by atoms with Crippen LogP contribution >= 0.6 is 0 Å². The Balaban J connectivity index is 1.93. The van der Waals surface area contributed by atoms with E-state index in [0.717, 1.165) is 6.42 Å². The molecule has 1 heterocycles. The second kappa shape index (κ2) is 3.23. The van der Waals surface area contributed by atoms with Gasteiger partial charge in [0.05, 0.1) is 0 Å². The highest BCUT2D eigenvalue weighted by Crippen LogP contribution is 2.36. The Morgan fingerprint density at radius 3 is 2.50 bits per heavy atom. The van der Waals surface area contributed by atoms with Gasteiger partial charge in [0.2, 0.25) is 0 Å². The zero-order chi connectivity index (χ0) is 10.3. The van der Waals surface area contributed by atoms with Crippen molar-refractivity contribution in [2.75, 3.05) is 0 Å². The van der Waals surface area contributed by atoms with Gasteiger partial charge in [0.1, 0.15) is 11.6 Å². The van der Waals surface area contributed by atoms with Gasteiger partial charge in [-0.15, -0.1) is 0 Å². The van der Waals surface area contributed by atoms with E-state index in [0.29, 0.717) is 12.0 Å². The molecule has 3 nitrogen and oxygen atoms in total. The Morgan fingerprint density at radius 2 is 2.07 bits per heavy atom. The molecule has 1 N–H and O–H groups in total. The van der Waals surface area contributed by atoms with Crippen molar-refractivity contribution in [3.8, 4) is 0 Å². The van der Waals surface area contributed by atoms with Gasteiger partial charge < -0.3 is 10.1 Å². The van der Waals surface area contributed by atoms with E-state index in [1.807, 2.05) is 20.8 Å². The van der Waals surface area contributed by atoms with Crippen molar-refractivity contribution in [1.82, 2.24) is 5.32 Å². The van der Waals surface area contributed by atoms with Crippen LogP contribution in [-0.4, -0.2) is 23.7 Å². The van der Waals surface area contributed by atoms with Gasteiger partial charge in [0.25, 0.3) is 0 Å². The van der Waals surface area contributed by atoms with E-state index in [2.05, 4.69) is 5.32 Å². The van der Waals surface area contributed by atoms with Crippen molar-refractivity contribution in [1.29, 1.82) is 0 Å². The molecule has 2 rings (SSSR count). The van der Waals surface area contributed by atoms with Gasteiger partial charge in [-0.05, 0) is 46.0 Å². The van der Waals surface area contributed by atoms with Crippen LogP contribution in [0, 0.1) is 5.92 Å². The van der Waals surface area contributed by atoms with Crippen LogP contribution in [0.5, 0.6) is 0 Å². The van der Waals surface area contributed by atoms with Crippen LogP contribution in [0.4, 0.5) is 0 Å². The Morgan fingerprint density at radius 1 is 1.36 bits per heavy atom. The summed E-state index contributed by atoms with van der Waals surface area (Å²) in [6, 6.07) is 0.533. The van der Waals surface area contributed by atoms with E-state index in [9.17, 15) is 4.79 Å². The molecule has 3 atom stereocenters. The summed E-state index contributed by atoms with van der Waals surface area (Å²) in [7, 11) is 0. The molecular weight excluding hydrogens is 178 g/mol. The molecule has 2 bridgehead atoms. The lowest BCUT2D eigenvalue weighted by atomic mass is 10.00. The lowest BCUT2D eigenvalue weighted by molar-refractivity contribution is -0.158. The second-order valence-corrected chi connectivity index (χ2v) is 5.45. The van der Waals surface area contributed by atoms with Gasteiger partial charge in [-0.25, -0.2) is 0 Å². The van der Waals surface area contributed by atoms with Crippen LogP contribution < -0.4 is 5.32 Å². The maximum atomic E-state index is 11.8. The molecule has 1 saturated carbocycles. The largest absolute Gasteiger partial charge is 0.459 e. The topological polar surface area (TPSA) is 38.3 Å². The van der Waals surface area contributed by atoms with Gasteiger partial charge in [-0.1, -0.05) is 0 Å². The van der Waals surface area contributed by atoms with Crippen molar-refractivity contribution in [2.45, 2.75) is 57.7 Å². The highest BCUT2D eigenvalue weighted by molar-refractivity contribution is 5.77. The summed E-state index contributed by atoms with van der Waals surface area (Å²) in [4.78, 5) is 11.8. The summed E-state index contributed by atoms with van der Waals surface area (Å²) in [5.74, 6) is 0.458. The first-order valence-corrected chi connectivity index (χ1v) is 5.44. The fourth-order valence-electron chi connectivity index (χ4n) is 2.49. The molecule has 0 aromatic rings. The predicted octanol–water partition coefficient (Wildman–Crippen LogP) is 1.47. The molecule has 3 unspecified atom stereocenters. The Labute approximate surface area is 85.2 Å². The third kappa shape index (κ3) is 1.92. The second-order valence-electron chi connectivity index (χ2n) is 5.45. The number of esters is 1. The zero-order valence-corrected chi connectivity index (χ0v) is 9.17. The number of hydrogen-bond donors (Lipinski definition) is 1. The summed E-state index contributed by atoms with van der Waals surface area (Å²) < 4.78 is 5.37. The highest BCUT2D eigenvalue weighted by Gasteiger charge is 2.44. The first-order valence-electron chi connectivity index (χ1n) is 5.44. The monoisotopic (exact) mass is 197 g/mol. The maximum absolute atomic E-state index is 11.8. The molecule has 1 saturated heterocycles. The van der Waals surface area contributed by atoms with Crippen molar-refractivity contribution in [2.24, 2.45) is 5.92 Å². The number of carbonyl (C=O) groups excluding carboxylic acids is 1. The molecule has 2 aliphatic rings. The summed E-state index contributed by atoms with van der Waals surface area (Å²) in [5.41, 5.74) is -0.361. The number of hydrogen-bond acceptors (Lipinski definition) is 3. The van der Waals surface area contributed by atoms with Crippen LogP contribution in [0.1, 0.15) is 40.0 Å².